The average molecular weight is 272 g/mol. The molecule has 2 nitrogen and oxygen atoms in total. The van der Waals surface area contributed by atoms with Gasteiger partial charge in [0.05, 0.1) is 23.7 Å². The van der Waals surface area contributed by atoms with Crippen LogP contribution in [0.2, 0.25) is 5.02 Å². The van der Waals surface area contributed by atoms with Crippen molar-refractivity contribution in [1.29, 1.82) is 0 Å². The smallest absolute Gasteiger partial charge is 0.132 e. The van der Waals surface area contributed by atoms with Crippen molar-refractivity contribution in [2.45, 2.75) is 6.04 Å². The van der Waals surface area contributed by atoms with Gasteiger partial charge in [-0.15, -0.1) is 11.3 Å². The van der Waals surface area contributed by atoms with Crippen LogP contribution >= 0.6 is 22.9 Å². The summed E-state index contributed by atoms with van der Waals surface area (Å²) in [5.74, 6) is 0.0447. The number of nitrogens with two attached hydrogens (primary N) is 1. The first-order chi connectivity index (χ1) is 8.15. The molecule has 1 heterocycles. The first-order valence-electron chi connectivity index (χ1n) is 4.96. The van der Waals surface area contributed by atoms with Crippen LogP contribution in [0, 0.1) is 5.82 Å². The van der Waals surface area contributed by atoms with E-state index in [1.807, 2.05) is 5.38 Å². The van der Waals surface area contributed by atoms with Crippen LogP contribution in [0.3, 0.4) is 0 Å². The van der Waals surface area contributed by atoms with Crippen molar-refractivity contribution in [1.82, 2.24) is 0 Å². The Bertz CT molecular complexity index is 529. The van der Waals surface area contributed by atoms with Gasteiger partial charge in [-0.2, -0.15) is 0 Å². The minimum Gasteiger partial charge on any atom is -0.496 e. The van der Waals surface area contributed by atoms with Gasteiger partial charge < -0.3 is 10.5 Å². The fourth-order valence-electron chi connectivity index (χ4n) is 1.66. The molecule has 2 rings (SSSR count). The number of ether oxygens (including phenoxy) is 1. The first-order valence-corrected chi connectivity index (χ1v) is 6.21. The van der Waals surface area contributed by atoms with Gasteiger partial charge in [0.25, 0.3) is 0 Å². The Morgan fingerprint density at radius 1 is 1.41 bits per heavy atom. The normalized spacial score (nSPS) is 12.5. The summed E-state index contributed by atoms with van der Waals surface area (Å²) in [5.41, 5.74) is 6.38. The van der Waals surface area contributed by atoms with E-state index in [2.05, 4.69) is 0 Å². The number of hydrogen-bond acceptors (Lipinski definition) is 3. The SMILES string of the molecule is COc1cccc(F)c1C(N)c1sccc1Cl. The van der Waals surface area contributed by atoms with Gasteiger partial charge >= 0.3 is 0 Å². The number of benzene rings is 1. The molecule has 1 unspecified atom stereocenters. The molecule has 90 valence electrons. The summed E-state index contributed by atoms with van der Waals surface area (Å²) in [4.78, 5) is 0.732. The predicted molar refractivity (Wildman–Crippen MR) is 68.3 cm³/mol. The third kappa shape index (κ3) is 2.29. The molecule has 0 bridgehead atoms. The van der Waals surface area contributed by atoms with Crippen LogP contribution in [0.5, 0.6) is 5.75 Å². The van der Waals surface area contributed by atoms with Gasteiger partial charge in [0.2, 0.25) is 0 Å². The van der Waals surface area contributed by atoms with E-state index in [0.29, 0.717) is 16.3 Å². The predicted octanol–water partition coefficient (Wildman–Crippen LogP) is 3.60. The highest BCUT2D eigenvalue weighted by molar-refractivity contribution is 7.10. The second-order valence-corrected chi connectivity index (χ2v) is 4.82. The highest BCUT2D eigenvalue weighted by atomic mass is 35.5. The molecule has 1 atom stereocenters. The van der Waals surface area contributed by atoms with Crippen molar-refractivity contribution >= 4 is 22.9 Å². The summed E-state index contributed by atoms with van der Waals surface area (Å²) in [6.07, 6.45) is 0. The zero-order valence-corrected chi connectivity index (χ0v) is 10.7. The van der Waals surface area contributed by atoms with Crippen LogP contribution in [-0.2, 0) is 0 Å². The fraction of sp³-hybridized carbons (Fsp3) is 0.167. The van der Waals surface area contributed by atoms with Crippen molar-refractivity contribution in [3.05, 3.63) is 50.9 Å². The van der Waals surface area contributed by atoms with Crippen LogP contribution in [-0.4, -0.2) is 7.11 Å². The molecule has 0 saturated heterocycles. The molecular formula is C12H11ClFNOS. The van der Waals surface area contributed by atoms with Crippen LogP contribution in [0.1, 0.15) is 16.5 Å². The van der Waals surface area contributed by atoms with Gasteiger partial charge in [-0.25, -0.2) is 4.39 Å². The van der Waals surface area contributed by atoms with E-state index in [1.54, 1.807) is 18.2 Å². The minimum atomic E-state index is -0.612. The van der Waals surface area contributed by atoms with E-state index in [4.69, 9.17) is 22.1 Å². The molecule has 0 aliphatic rings. The lowest BCUT2D eigenvalue weighted by molar-refractivity contribution is 0.402. The molecule has 0 aliphatic carbocycles. The highest BCUT2D eigenvalue weighted by Crippen LogP contribution is 2.36. The third-order valence-corrected chi connectivity index (χ3v) is 3.91. The van der Waals surface area contributed by atoms with Gasteiger partial charge in [0, 0.05) is 4.88 Å². The molecule has 0 aliphatic heterocycles. The zero-order valence-electron chi connectivity index (χ0n) is 9.11. The first kappa shape index (κ1) is 12.4. The molecule has 0 spiro atoms. The van der Waals surface area contributed by atoms with Gasteiger partial charge in [0.1, 0.15) is 11.6 Å². The van der Waals surface area contributed by atoms with E-state index in [1.165, 1.54) is 24.5 Å². The maximum atomic E-state index is 13.8. The molecule has 2 aromatic rings. The molecule has 1 aromatic heterocycles. The Balaban J connectivity index is 2.50. The molecule has 2 N–H and O–H groups in total. The van der Waals surface area contributed by atoms with Gasteiger partial charge in [-0.3, -0.25) is 0 Å². The number of hydrogen-bond donors (Lipinski definition) is 1. The summed E-state index contributed by atoms with van der Waals surface area (Å²) >= 11 is 7.40. The van der Waals surface area contributed by atoms with Crippen LogP contribution in [0.4, 0.5) is 4.39 Å². The average Bonchev–Trinajstić information content (AvgIpc) is 2.74. The van der Waals surface area contributed by atoms with E-state index in [-0.39, 0.29) is 5.82 Å². The number of halogens is 2. The van der Waals surface area contributed by atoms with E-state index < -0.39 is 6.04 Å². The summed E-state index contributed by atoms with van der Waals surface area (Å²) in [6.45, 7) is 0. The Kier molecular flexibility index (Phi) is 3.66. The van der Waals surface area contributed by atoms with Crippen LogP contribution < -0.4 is 10.5 Å². The lowest BCUT2D eigenvalue weighted by Gasteiger charge is -2.15. The summed E-state index contributed by atoms with van der Waals surface area (Å²) < 4.78 is 18.9. The van der Waals surface area contributed by atoms with Crippen molar-refractivity contribution in [3.8, 4) is 5.75 Å². The largest absolute Gasteiger partial charge is 0.496 e. The molecule has 5 heteroatoms. The summed E-state index contributed by atoms with van der Waals surface area (Å²) in [6, 6.07) is 5.76. The minimum absolute atomic E-state index is 0.333. The van der Waals surface area contributed by atoms with E-state index in [9.17, 15) is 4.39 Å². The van der Waals surface area contributed by atoms with Crippen LogP contribution in [0.15, 0.2) is 29.6 Å². The quantitative estimate of drug-likeness (QED) is 0.926. The van der Waals surface area contributed by atoms with E-state index in [0.717, 1.165) is 4.88 Å². The third-order valence-electron chi connectivity index (χ3n) is 2.47. The lowest BCUT2D eigenvalue weighted by Crippen LogP contribution is -2.14. The maximum Gasteiger partial charge on any atom is 0.132 e. The molecule has 1 aromatic carbocycles. The van der Waals surface area contributed by atoms with Gasteiger partial charge in [-0.05, 0) is 23.6 Å². The second kappa shape index (κ2) is 5.04. The Morgan fingerprint density at radius 3 is 2.76 bits per heavy atom. The molecular weight excluding hydrogens is 261 g/mol. The zero-order chi connectivity index (χ0) is 12.4. The second-order valence-electron chi connectivity index (χ2n) is 3.47. The van der Waals surface area contributed by atoms with Gasteiger partial charge in [0.15, 0.2) is 0 Å². The molecule has 0 amide bonds. The molecule has 0 fully saturated rings. The standard InChI is InChI=1S/C12H11ClFNOS/c1-16-9-4-2-3-8(14)10(9)11(15)12-7(13)5-6-17-12/h2-6,11H,15H2,1H3. The monoisotopic (exact) mass is 271 g/mol. The number of thiophene rings is 1. The van der Waals surface area contributed by atoms with Crippen molar-refractivity contribution in [2.75, 3.05) is 7.11 Å². The fourth-order valence-corrected chi connectivity index (χ4v) is 2.84. The Hall–Kier alpha value is -1.10. The lowest BCUT2D eigenvalue weighted by atomic mass is 10.0. The highest BCUT2D eigenvalue weighted by Gasteiger charge is 2.21. The summed E-state index contributed by atoms with van der Waals surface area (Å²) in [7, 11) is 1.49. The van der Waals surface area contributed by atoms with Crippen molar-refractivity contribution in [3.63, 3.8) is 0 Å². The molecule has 0 radical (unpaired) electrons. The Labute approximate surface area is 108 Å². The number of rotatable bonds is 3. The maximum absolute atomic E-state index is 13.8. The van der Waals surface area contributed by atoms with Gasteiger partial charge in [-0.1, -0.05) is 17.7 Å². The van der Waals surface area contributed by atoms with Crippen LogP contribution in [0.25, 0.3) is 0 Å². The Morgan fingerprint density at radius 2 is 2.18 bits per heavy atom. The number of methoxy groups -OCH3 is 1. The molecule has 0 saturated carbocycles. The summed E-state index contributed by atoms with van der Waals surface area (Å²) in [5, 5.41) is 2.37. The van der Waals surface area contributed by atoms with Crippen molar-refractivity contribution in [2.24, 2.45) is 5.73 Å². The van der Waals surface area contributed by atoms with E-state index >= 15 is 0 Å². The molecule has 17 heavy (non-hydrogen) atoms. The topological polar surface area (TPSA) is 35.2 Å². The van der Waals surface area contributed by atoms with Crippen molar-refractivity contribution < 1.29 is 9.13 Å².